The summed E-state index contributed by atoms with van der Waals surface area (Å²) in [5, 5.41) is 10.2. The number of carbonyl (C=O) groups excluding carboxylic acids is 1. The van der Waals surface area contributed by atoms with Crippen LogP contribution in [0.4, 0.5) is 0 Å². The van der Waals surface area contributed by atoms with Crippen molar-refractivity contribution in [2.45, 2.75) is 40.3 Å². The Kier molecular flexibility index (Phi) is 9.50. The van der Waals surface area contributed by atoms with Gasteiger partial charge in [-0.3, -0.25) is 9.36 Å². The highest BCUT2D eigenvalue weighted by atomic mass is 32.1. The molecular formula is C34H34N2O7S. The predicted octanol–water partition coefficient (Wildman–Crippen LogP) is 4.99. The summed E-state index contributed by atoms with van der Waals surface area (Å²) in [5.74, 6) is 0.877. The highest BCUT2D eigenvalue weighted by molar-refractivity contribution is 7.07. The van der Waals surface area contributed by atoms with E-state index in [0.717, 1.165) is 11.1 Å². The minimum Gasteiger partial charge on any atom is -0.504 e. The lowest BCUT2D eigenvalue weighted by molar-refractivity contribution is -0.138. The summed E-state index contributed by atoms with van der Waals surface area (Å²) in [6, 6.07) is 19.5. The number of rotatable bonds is 11. The zero-order valence-corrected chi connectivity index (χ0v) is 25.8. The molecule has 0 unspecified atom stereocenters. The van der Waals surface area contributed by atoms with Crippen LogP contribution in [0.2, 0.25) is 0 Å². The molecule has 9 nitrogen and oxygen atoms in total. The second-order valence-electron chi connectivity index (χ2n) is 9.86. The largest absolute Gasteiger partial charge is 0.504 e. The minimum atomic E-state index is -0.759. The van der Waals surface area contributed by atoms with Crippen LogP contribution in [0.15, 0.2) is 82.1 Å². The number of benzene rings is 3. The maximum absolute atomic E-state index is 13.7. The van der Waals surface area contributed by atoms with Crippen LogP contribution in [-0.4, -0.2) is 35.5 Å². The van der Waals surface area contributed by atoms with Gasteiger partial charge >= 0.3 is 5.97 Å². The molecule has 4 aromatic rings. The summed E-state index contributed by atoms with van der Waals surface area (Å²) in [6.07, 6.45) is 1.78. The van der Waals surface area contributed by atoms with Crippen LogP contribution in [0.1, 0.15) is 50.4 Å². The van der Waals surface area contributed by atoms with Gasteiger partial charge in [0.15, 0.2) is 27.8 Å². The van der Waals surface area contributed by atoms with Crippen molar-refractivity contribution in [3.63, 3.8) is 0 Å². The summed E-state index contributed by atoms with van der Waals surface area (Å²) >= 11 is 1.22. The lowest BCUT2D eigenvalue weighted by Gasteiger charge is -2.22. The van der Waals surface area contributed by atoms with Gasteiger partial charge in [-0.1, -0.05) is 53.8 Å². The van der Waals surface area contributed by atoms with E-state index >= 15 is 0 Å². The molecule has 0 radical (unpaired) electrons. The van der Waals surface area contributed by atoms with Crippen molar-refractivity contribution in [2.24, 2.45) is 4.99 Å². The van der Waals surface area contributed by atoms with Crippen molar-refractivity contribution in [3.8, 4) is 23.0 Å². The number of hydrogen-bond acceptors (Lipinski definition) is 9. The SMILES string of the molecule is CCOC(=O)C1=C(C)n2c(s/c(=C\c3ccc(OCc4ccccc4)c(OCC)c3)c2=O)=N[C@H]1c1ccc(O)c(OCC)c1. The van der Waals surface area contributed by atoms with Gasteiger partial charge in [-0.25, -0.2) is 9.79 Å². The van der Waals surface area contributed by atoms with Gasteiger partial charge in [0.25, 0.3) is 5.56 Å². The number of thiazole rings is 1. The Bertz CT molecular complexity index is 1880. The molecule has 0 saturated carbocycles. The molecule has 2 heterocycles. The van der Waals surface area contributed by atoms with Crippen LogP contribution in [0, 0.1) is 0 Å². The molecule has 0 bridgehead atoms. The normalized spacial score (nSPS) is 14.5. The maximum atomic E-state index is 13.7. The van der Waals surface area contributed by atoms with Crippen molar-refractivity contribution in [2.75, 3.05) is 19.8 Å². The quantitative estimate of drug-likeness (QED) is 0.237. The van der Waals surface area contributed by atoms with Crippen molar-refractivity contribution in [1.82, 2.24) is 4.57 Å². The third-order valence-corrected chi connectivity index (χ3v) is 7.92. The molecule has 44 heavy (non-hydrogen) atoms. The van der Waals surface area contributed by atoms with E-state index in [9.17, 15) is 14.7 Å². The Labute approximate surface area is 258 Å². The van der Waals surface area contributed by atoms with Gasteiger partial charge in [-0.05, 0) is 74.7 Å². The van der Waals surface area contributed by atoms with Gasteiger partial charge in [-0.15, -0.1) is 0 Å². The Morgan fingerprint density at radius 2 is 1.68 bits per heavy atom. The van der Waals surface area contributed by atoms with Gasteiger partial charge in [0.1, 0.15) is 12.6 Å². The van der Waals surface area contributed by atoms with E-state index in [0.29, 0.717) is 51.9 Å². The second kappa shape index (κ2) is 13.6. The summed E-state index contributed by atoms with van der Waals surface area (Å²) in [4.78, 5) is 32.2. The summed E-state index contributed by atoms with van der Waals surface area (Å²) < 4.78 is 24.7. The molecule has 0 fully saturated rings. The number of phenolic OH excluding ortho intramolecular Hbond substituents is 1. The Balaban J connectivity index is 1.57. The molecule has 3 aromatic carbocycles. The Morgan fingerprint density at radius 3 is 2.41 bits per heavy atom. The zero-order chi connectivity index (χ0) is 31.2. The van der Waals surface area contributed by atoms with E-state index in [2.05, 4.69) is 0 Å². The second-order valence-corrected chi connectivity index (χ2v) is 10.9. The molecule has 1 N–H and O–H groups in total. The molecule has 1 atom stereocenters. The fourth-order valence-electron chi connectivity index (χ4n) is 4.92. The molecule has 0 spiro atoms. The average Bonchev–Trinajstić information content (AvgIpc) is 3.33. The fraction of sp³-hybridized carbons (Fsp3) is 0.265. The molecule has 228 valence electrons. The first-order valence-electron chi connectivity index (χ1n) is 14.4. The molecule has 1 aliphatic heterocycles. The number of nitrogens with zero attached hydrogens (tertiary/aromatic N) is 2. The van der Waals surface area contributed by atoms with Crippen LogP contribution in [-0.2, 0) is 16.1 Å². The third-order valence-electron chi connectivity index (χ3n) is 6.94. The van der Waals surface area contributed by atoms with Crippen molar-refractivity contribution < 1.29 is 28.8 Å². The van der Waals surface area contributed by atoms with E-state index in [1.807, 2.05) is 62.4 Å². The van der Waals surface area contributed by atoms with Gasteiger partial charge in [-0.2, -0.15) is 0 Å². The van der Waals surface area contributed by atoms with Crippen molar-refractivity contribution in [3.05, 3.63) is 109 Å². The Morgan fingerprint density at radius 1 is 0.932 bits per heavy atom. The lowest BCUT2D eigenvalue weighted by Crippen LogP contribution is -2.35. The number of carbonyl (C=O) groups is 1. The van der Waals surface area contributed by atoms with Gasteiger partial charge in [0.05, 0.1) is 29.9 Å². The highest BCUT2D eigenvalue weighted by Crippen LogP contribution is 2.37. The van der Waals surface area contributed by atoms with Gasteiger partial charge < -0.3 is 24.1 Å². The average molecular weight is 615 g/mol. The molecule has 0 aliphatic carbocycles. The molecule has 1 aromatic heterocycles. The first kappa shape index (κ1) is 30.6. The van der Waals surface area contributed by atoms with E-state index in [1.165, 1.54) is 22.0 Å². The van der Waals surface area contributed by atoms with E-state index in [4.69, 9.17) is 23.9 Å². The molecule has 0 amide bonds. The van der Waals surface area contributed by atoms with Gasteiger partial charge in [0, 0.05) is 5.70 Å². The third kappa shape index (κ3) is 6.40. The summed E-state index contributed by atoms with van der Waals surface area (Å²) in [5.41, 5.74) is 2.80. The van der Waals surface area contributed by atoms with E-state index in [-0.39, 0.29) is 29.2 Å². The number of ether oxygens (including phenoxy) is 4. The molecular weight excluding hydrogens is 580 g/mol. The smallest absolute Gasteiger partial charge is 0.338 e. The number of allylic oxidation sites excluding steroid dienone is 1. The van der Waals surface area contributed by atoms with Crippen LogP contribution in [0.5, 0.6) is 23.0 Å². The number of aromatic nitrogens is 1. The van der Waals surface area contributed by atoms with E-state index in [1.54, 1.807) is 32.1 Å². The van der Waals surface area contributed by atoms with Gasteiger partial charge in [0.2, 0.25) is 0 Å². The minimum absolute atomic E-state index is 0.0161. The van der Waals surface area contributed by atoms with Crippen LogP contribution in [0.25, 0.3) is 11.8 Å². The van der Waals surface area contributed by atoms with Crippen LogP contribution >= 0.6 is 11.3 Å². The van der Waals surface area contributed by atoms with Crippen molar-refractivity contribution in [1.29, 1.82) is 0 Å². The standard InChI is InChI=1S/C34H34N2O7S/c1-5-40-27-19-24(14-15-25(27)37)31-30(33(39)42-7-3)21(4)36-32(38)29(44-34(36)35-31)18-23-13-16-26(28(17-23)41-6-2)43-20-22-11-9-8-10-12-22/h8-19,31,37H,5-7,20H2,1-4H3/b29-18-/t31-/m0/s1. The number of hydrogen-bond donors (Lipinski definition) is 1. The molecule has 0 saturated heterocycles. The summed E-state index contributed by atoms with van der Waals surface area (Å²) in [7, 11) is 0. The zero-order valence-electron chi connectivity index (χ0n) is 25.0. The molecule has 1 aliphatic rings. The number of phenols is 1. The Hall–Kier alpha value is -4.83. The van der Waals surface area contributed by atoms with E-state index < -0.39 is 12.0 Å². The fourth-order valence-corrected chi connectivity index (χ4v) is 5.96. The number of esters is 1. The monoisotopic (exact) mass is 614 g/mol. The molecule has 10 heteroatoms. The van der Waals surface area contributed by atoms with Crippen LogP contribution < -0.4 is 29.1 Å². The highest BCUT2D eigenvalue weighted by Gasteiger charge is 2.32. The first-order chi connectivity index (χ1) is 21.3. The number of fused-ring (bicyclic) bond motifs is 1. The predicted molar refractivity (Wildman–Crippen MR) is 169 cm³/mol. The summed E-state index contributed by atoms with van der Waals surface area (Å²) in [6.45, 7) is 8.52. The number of aromatic hydroxyl groups is 1. The lowest BCUT2D eigenvalue weighted by atomic mass is 9.96. The van der Waals surface area contributed by atoms with Crippen LogP contribution in [0.3, 0.4) is 0 Å². The maximum Gasteiger partial charge on any atom is 0.338 e. The first-order valence-corrected chi connectivity index (χ1v) is 15.2. The molecule has 5 rings (SSSR count). The topological polar surface area (TPSA) is 109 Å². The van der Waals surface area contributed by atoms with Crippen molar-refractivity contribution >= 4 is 29.1 Å².